The first-order valence-corrected chi connectivity index (χ1v) is 32.1. The van der Waals surface area contributed by atoms with Crippen LogP contribution in [0, 0.1) is 0 Å². The first-order chi connectivity index (χ1) is 45.1. The lowest BCUT2D eigenvalue weighted by molar-refractivity contribution is 1.29. The largest absolute Gasteiger partial charge is 0.310 e. The quantitative estimate of drug-likeness (QED) is 0.126. The predicted octanol–water partition coefficient (Wildman–Crippen LogP) is 25.7. The molecular formula is C88H56N2S. The summed E-state index contributed by atoms with van der Waals surface area (Å²) in [7, 11) is 0. The molecule has 0 saturated heterocycles. The summed E-state index contributed by atoms with van der Waals surface area (Å²) in [5.41, 5.74) is 16.0. The maximum absolute atomic E-state index is 2.46. The van der Waals surface area contributed by atoms with Gasteiger partial charge in [0.2, 0.25) is 0 Å². The fourth-order valence-corrected chi connectivity index (χ4v) is 15.5. The standard InChI is InChI=1S/C88H56N2S/c1-2-16-57(17-3-1)63-40-48-77-67(50-63)34-35-68-54-73(46-49-78(68)77)89(69-42-36-58(37-43-69)64-41-47-76-66(51-64)33-32-59-18-4-6-24-74(59)76)71-22-14-20-61(52-71)62-21-15-23-72(53-62)90(85-55-65-19-5-7-25-75(65)79-26-8-10-28-81(79)85)70-44-38-60(39-45-70)84-56-87-88(82-29-11-9-27-80(82)84)83-30-12-13-31-86(83)91-87/h1-56H. The fourth-order valence-electron chi connectivity index (χ4n) is 14.4. The van der Waals surface area contributed by atoms with Crippen LogP contribution >= 0.6 is 11.3 Å². The number of nitrogens with zero attached hydrogens (tertiary/aromatic N) is 2. The van der Waals surface area contributed by atoms with Crippen LogP contribution in [0.2, 0.25) is 0 Å². The highest BCUT2D eigenvalue weighted by molar-refractivity contribution is 7.26. The second-order valence-corrected chi connectivity index (χ2v) is 25.0. The lowest BCUT2D eigenvalue weighted by Crippen LogP contribution is -2.11. The van der Waals surface area contributed by atoms with Crippen LogP contribution < -0.4 is 9.80 Å². The first-order valence-electron chi connectivity index (χ1n) is 31.3. The van der Waals surface area contributed by atoms with Gasteiger partial charge in [0, 0.05) is 54.0 Å². The molecular weight excluding hydrogens is 1120 g/mol. The van der Waals surface area contributed by atoms with Crippen molar-refractivity contribution >= 4 is 141 Å². The number of rotatable bonds is 10. The van der Waals surface area contributed by atoms with Gasteiger partial charge in [-0.15, -0.1) is 11.3 Å². The van der Waals surface area contributed by atoms with Crippen LogP contribution in [-0.4, -0.2) is 0 Å². The molecule has 0 unspecified atom stereocenters. The van der Waals surface area contributed by atoms with Gasteiger partial charge in [-0.1, -0.05) is 249 Å². The van der Waals surface area contributed by atoms with Gasteiger partial charge >= 0.3 is 0 Å². The lowest BCUT2D eigenvalue weighted by Gasteiger charge is -2.28. The van der Waals surface area contributed by atoms with Gasteiger partial charge in [0.1, 0.15) is 0 Å². The molecule has 0 aliphatic rings. The average molecular weight is 1170 g/mol. The van der Waals surface area contributed by atoms with Crippen LogP contribution in [0.15, 0.2) is 340 Å². The van der Waals surface area contributed by atoms with Gasteiger partial charge < -0.3 is 9.80 Å². The van der Waals surface area contributed by atoms with Gasteiger partial charge in [-0.3, -0.25) is 0 Å². The zero-order valence-corrected chi connectivity index (χ0v) is 50.5. The Bertz CT molecular complexity index is 5900. The number of anilines is 6. The summed E-state index contributed by atoms with van der Waals surface area (Å²) in [5, 5.41) is 20.0. The van der Waals surface area contributed by atoms with E-state index in [1.165, 1.54) is 129 Å². The molecule has 0 aliphatic heterocycles. The molecule has 18 aromatic rings. The van der Waals surface area contributed by atoms with E-state index in [0.29, 0.717) is 0 Å². The highest BCUT2D eigenvalue weighted by Gasteiger charge is 2.22. The van der Waals surface area contributed by atoms with Crippen LogP contribution in [0.1, 0.15) is 0 Å². The monoisotopic (exact) mass is 1170 g/mol. The van der Waals surface area contributed by atoms with E-state index in [9.17, 15) is 0 Å². The first kappa shape index (κ1) is 52.5. The smallest absolute Gasteiger partial charge is 0.0546 e. The van der Waals surface area contributed by atoms with Gasteiger partial charge in [-0.05, 0) is 206 Å². The van der Waals surface area contributed by atoms with Crippen molar-refractivity contribution in [3.63, 3.8) is 0 Å². The molecule has 0 radical (unpaired) electrons. The molecule has 424 valence electrons. The molecule has 0 N–H and O–H groups in total. The van der Waals surface area contributed by atoms with E-state index in [1.807, 2.05) is 11.3 Å². The van der Waals surface area contributed by atoms with Gasteiger partial charge in [0.05, 0.1) is 5.69 Å². The van der Waals surface area contributed by atoms with Crippen molar-refractivity contribution in [1.29, 1.82) is 0 Å². The molecule has 0 fully saturated rings. The zero-order chi connectivity index (χ0) is 59.9. The highest BCUT2D eigenvalue weighted by Crippen LogP contribution is 2.47. The van der Waals surface area contributed by atoms with Crippen molar-refractivity contribution in [2.45, 2.75) is 0 Å². The Kier molecular flexibility index (Phi) is 12.5. The second-order valence-electron chi connectivity index (χ2n) is 24.0. The molecule has 0 aliphatic carbocycles. The Morgan fingerprint density at radius 3 is 1.29 bits per heavy atom. The summed E-state index contributed by atoms with van der Waals surface area (Å²) < 4.78 is 2.62. The minimum absolute atomic E-state index is 1.07. The number of hydrogen-bond donors (Lipinski definition) is 0. The number of thiophene rings is 1. The Morgan fingerprint density at radius 1 is 0.187 bits per heavy atom. The summed E-state index contributed by atoms with van der Waals surface area (Å²) in [6.45, 7) is 0. The van der Waals surface area contributed by atoms with E-state index in [1.54, 1.807) is 0 Å². The average Bonchev–Trinajstić information content (AvgIpc) is 1.88. The summed E-state index contributed by atoms with van der Waals surface area (Å²) in [4.78, 5) is 4.88. The van der Waals surface area contributed by atoms with Crippen molar-refractivity contribution in [1.82, 2.24) is 0 Å². The maximum Gasteiger partial charge on any atom is 0.0546 e. The number of fused-ring (bicyclic) bond motifs is 14. The minimum atomic E-state index is 1.07. The topological polar surface area (TPSA) is 6.48 Å². The Balaban J connectivity index is 0.758. The second kappa shape index (κ2) is 21.6. The third-order valence-electron chi connectivity index (χ3n) is 18.7. The number of benzene rings is 17. The molecule has 3 heteroatoms. The summed E-state index contributed by atoms with van der Waals surface area (Å²) >= 11 is 1.88. The van der Waals surface area contributed by atoms with Gasteiger partial charge in [-0.25, -0.2) is 0 Å². The van der Waals surface area contributed by atoms with Crippen molar-refractivity contribution in [2.75, 3.05) is 9.80 Å². The van der Waals surface area contributed by atoms with Crippen LogP contribution in [-0.2, 0) is 0 Å². The van der Waals surface area contributed by atoms with Gasteiger partial charge in [-0.2, -0.15) is 0 Å². The van der Waals surface area contributed by atoms with E-state index in [0.717, 1.165) is 45.3 Å². The fraction of sp³-hybridized carbons (Fsp3) is 0. The minimum Gasteiger partial charge on any atom is -0.310 e. The molecule has 1 aromatic heterocycles. The summed E-state index contributed by atoms with van der Waals surface area (Å²) in [6.07, 6.45) is 0. The molecule has 0 bridgehead atoms. The molecule has 2 nitrogen and oxygen atoms in total. The molecule has 0 atom stereocenters. The SMILES string of the molecule is c1ccc(-c2ccc3c(ccc4cc(N(c5ccc(-c6ccc7c(ccc8ccccc87)c6)cc5)c5cccc(-c6cccc(N(c7ccc(-c8cc9sc%10ccccc%10c9c9ccccc89)cc7)c7cc8ccccc8c8ccccc78)c6)c5)ccc43)c2)cc1. The van der Waals surface area contributed by atoms with Crippen molar-refractivity contribution < 1.29 is 0 Å². The molecule has 1 heterocycles. The van der Waals surface area contributed by atoms with Crippen LogP contribution in [0.25, 0.3) is 140 Å². The third-order valence-corrected chi connectivity index (χ3v) is 19.9. The van der Waals surface area contributed by atoms with Crippen molar-refractivity contribution in [3.05, 3.63) is 340 Å². The van der Waals surface area contributed by atoms with Crippen LogP contribution in [0.4, 0.5) is 34.1 Å². The van der Waals surface area contributed by atoms with E-state index >= 15 is 0 Å². The molecule has 91 heavy (non-hydrogen) atoms. The molecule has 0 spiro atoms. The Labute approximate surface area is 531 Å². The molecule has 0 saturated carbocycles. The third kappa shape index (κ3) is 9.08. The van der Waals surface area contributed by atoms with Gasteiger partial charge in [0.15, 0.2) is 0 Å². The Hall–Kier alpha value is -11.6. The maximum atomic E-state index is 2.46. The van der Waals surface area contributed by atoms with Crippen LogP contribution in [0.5, 0.6) is 0 Å². The Morgan fingerprint density at radius 2 is 0.604 bits per heavy atom. The van der Waals surface area contributed by atoms with Crippen molar-refractivity contribution in [2.24, 2.45) is 0 Å². The van der Waals surface area contributed by atoms with E-state index in [4.69, 9.17) is 0 Å². The lowest BCUT2D eigenvalue weighted by atomic mass is 9.94. The molecule has 0 amide bonds. The summed E-state index contributed by atoms with van der Waals surface area (Å²) in [5.74, 6) is 0. The van der Waals surface area contributed by atoms with E-state index in [2.05, 4.69) is 350 Å². The van der Waals surface area contributed by atoms with Gasteiger partial charge in [0.25, 0.3) is 0 Å². The summed E-state index contributed by atoms with van der Waals surface area (Å²) in [6, 6.07) is 126. The molecule has 18 rings (SSSR count). The predicted molar refractivity (Wildman–Crippen MR) is 393 cm³/mol. The van der Waals surface area contributed by atoms with Crippen molar-refractivity contribution in [3.8, 4) is 44.5 Å². The normalized spacial score (nSPS) is 11.7. The van der Waals surface area contributed by atoms with E-state index in [-0.39, 0.29) is 0 Å². The highest BCUT2D eigenvalue weighted by atomic mass is 32.1. The molecule has 17 aromatic carbocycles. The van der Waals surface area contributed by atoms with E-state index < -0.39 is 0 Å². The number of hydrogen-bond acceptors (Lipinski definition) is 3. The zero-order valence-electron chi connectivity index (χ0n) is 49.6. The van der Waals surface area contributed by atoms with Crippen LogP contribution in [0.3, 0.4) is 0 Å².